The standard InChI is InChI=1S/C14H13N5OS/c1-9(20)17-14-18-12-11(15-8-16-12)13(19-14)21-7-10-5-3-2-4-6-10/h2-6,8H,7H2,1H3,(H2,15,16,17,18,19,20). The molecule has 3 aromatic rings. The molecule has 2 N–H and O–H groups in total. The molecule has 0 aliphatic carbocycles. The summed E-state index contributed by atoms with van der Waals surface area (Å²) in [5.74, 6) is 0.854. The Bertz CT molecular complexity index is 771. The largest absolute Gasteiger partial charge is 0.341 e. The number of carbonyl (C=O) groups is 1. The van der Waals surface area contributed by atoms with Crippen LogP contribution in [0.25, 0.3) is 11.2 Å². The van der Waals surface area contributed by atoms with Gasteiger partial charge in [-0.1, -0.05) is 42.1 Å². The number of carbonyl (C=O) groups excluding carboxylic acids is 1. The van der Waals surface area contributed by atoms with Crippen LogP contribution in [0.5, 0.6) is 0 Å². The molecule has 0 spiro atoms. The van der Waals surface area contributed by atoms with Crippen LogP contribution in [0.1, 0.15) is 12.5 Å². The van der Waals surface area contributed by atoms with Gasteiger partial charge in [-0.05, 0) is 5.56 Å². The second-order valence-corrected chi connectivity index (χ2v) is 5.37. The molecule has 0 radical (unpaired) electrons. The van der Waals surface area contributed by atoms with Crippen LogP contribution in [0.4, 0.5) is 5.95 Å². The SMILES string of the molecule is CC(=O)Nc1nc(SCc2ccccc2)c2[nH]cnc2n1. The van der Waals surface area contributed by atoms with Crippen molar-refractivity contribution < 1.29 is 4.79 Å². The number of H-pyrrole nitrogens is 1. The fourth-order valence-electron chi connectivity index (χ4n) is 1.85. The Kier molecular flexibility index (Phi) is 3.83. The topological polar surface area (TPSA) is 83.6 Å². The number of aromatic nitrogens is 4. The number of rotatable bonds is 4. The van der Waals surface area contributed by atoms with E-state index in [1.165, 1.54) is 12.5 Å². The number of nitrogens with one attached hydrogen (secondary N) is 2. The van der Waals surface area contributed by atoms with E-state index in [0.717, 1.165) is 16.3 Å². The molecule has 0 fully saturated rings. The molecule has 106 valence electrons. The zero-order chi connectivity index (χ0) is 14.7. The summed E-state index contributed by atoms with van der Waals surface area (Å²) in [5.41, 5.74) is 2.53. The Morgan fingerprint density at radius 2 is 2.10 bits per heavy atom. The fourth-order valence-corrected chi connectivity index (χ4v) is 2.79. The highest BCUT2D eigenvalue weighted by molar-refractivity contribution is 7.98. The Hall–Kier alpha value is -2.41. The van der Waals surface area contributed by atoms with Gasteiger partial charge in [0.15, 0.2) is 5.65 Å². The normalized spacial score (nSPS) is 10.7. The molecule has 3 rings (SSSR count). The summed E-state index contributed by atoms with van der Waals surface area (Å²) in [6.45, 7) is 1.43. The van der Waals surface area contributed by atoms with Gasteiger partial charge in [0.2, 0.25) is 11.9 Å². The maximum absolute atomic E-state index is 11.2. The van der Waals surface area contributed by atoms with Crippen LogP contribution < -0.4 is 5.32 Å². The molecule has 21 heavy (non-hydrogen) atoms. The number of nitrogens with zero attached hydrogens (tertiary/aromatic N) is 3. The maximum Gasteiger partial charge on any atom is 0.232 e. The number of aromatic amines is 1. The van der Waals surface area contributed by atoms with Crippen molar-refractivity contribution in [2.45, 2.75) is 17.7 Å². The zero-order valence-corrected chi connectivity index (χ0v) is 12.1. The van der Waals surface area contributed by atoms with E-state index in [1.807, 2.05) is 18.2 Å². The van der Waals surface area contributed by atoms with Crippen molar-refractivity contribution in [1.82, 2.24) is 19.9 Å². The van der Waals surface area contributed by atoms with Crippen LogP contribution in [-0.4, -0.2) is 25.8 Å². The van der Waals surface area contributed by atoms with Crippen molar-refractivity contribution in [2.75, 3.05) is 5.32 Å². The Morgan fingerprint density at radius 3 is 2.86 bits per heavy atom. The average molecular weight is 299 g/mol. The second kappa shape index (κ2) is 5.92. The number of benzene rings is 1. The number of amides is 1. The minimum Gasteiger partial charge on any atom is -0.341 e. The van der Waals surface area contributed by atoms with Gasteiger partial charge in [-0.15, -0.1) is 0 Å². The van der Waals surface area contributed by atoms with Gasteiger partial charge < -0.3 is 4.98 Å². The lowest BCUT2D eigenvalue weighted by atomic mass is 10.2. The Balaban J connectivity index is 1.89. The molecule has 0 saturated carbocycles. The highest BCUT2D eigenvalue weighted by atomic mass is 32.2. The molecule has 2 aromatic heterocycles. The quantitative estimate of drug-likeness (QED) is 0.571. The molecule has 0 aliphatic heterocycles. The van der Waals surface area contributed by atoms with Gasteiger partial charge in [-0.2, -0.15) is 4.98 Å². The van der Waals surface area contributed by atoms with Crippen LogP contribution in [-0.2, 0) is 10.5 Å². The predicted octanol–water partition coefficient (Wildman–Crippen LogP) is 2.60. The summed E-state index contributed by atoms with van der Waals surface area (Å²) in [6, 6.07) is 10.1. The monoisotopic (exact) mass is 299 g/mol. The van der Waals surface area contributed by atoms with Crippen molar-refractivity contribution in [1.29, 1.82) is 0 Å². The van der Waals surface area contributed by atoms with Crippen molar-refractivity contribution in [2.24, 2.45) is 0 Å². The molecule has 6 nitrogen and oxygen atoms in total. The van der Waals surface area contributed by atoms with Gasteiger partial charge in [0.25, 0.3) is 0 Å². The van der Waals surface area contributed by atoms with E-state index >= 15 is 0 Å². The zero-order valence-electron chi connectivity index (χ0n) is 11.3. The smallest absolute Gasteiger partial charge is 0.232 e. The second-order valence-electron chi connectivity index (χ2n) is 4.41. The fraction of sp³-hybridized carbons (Fsp3) is 0.143. The average Bonchev–Trinajstić information content (AvgIpc) is 2.93. The van der Waals surface area contributed by atoms with Gasteiger partial charge in [0.05, 0.1) is 6.33 Å². The molecule has 0 bridgehead atoms. The van der Waals surface area contributed by atoms with Gasteiger partial charge in [-0.3, -0.25) is 10.1 Å². The van der Waals surface area contributed by atoms with E-state index in [9.17, 15) is 4.79 Å². The third-order valence-electron chi connectivity index (χ3n) is 2.76. The highest BCUT2D eigenvalue weighted by Gasteiger charge is 2.11. The van der Waals surface area contributed by atoms with Crippen LogP contribution in [0.2, 0.25) is 0 Å². The van der Waals surface area contributed by atoms with Crippen molar-refractivity contribution in [3.8, 4) is 0 Å². The van der Waals surface area contributed by atoms with Crippen LogP contribution in [0.3, 0.4) is 0 Å². The molecule has 0 saturated heterocycles. The summed E-state index contributed by atoms with van der Waals surface area (Å²) in [4.78, 5) is 26.9. The first-order valence-corrected chi connectivity index (χ1v) is 7.36. The van der Waals surface area contributed by atoms with Gasteiger partial charge in [0.1, 0.15) is 10.5 Å². The predicted molar refractivity (Wildman–Crippen MR) is 82.0 cm³/mol. The number of thioether (sulfide) groups is 1. The minimum absolute atomic E-state index is 0.205. The summed E-state index contributed by atoms with van der Waals surface area (Å²) in [5, 5.41) is 3.37. The molecular formula is C14H13N5OS. The number of anilines is 1. The molecule has 0 aliphatic rings. The highest BCUT2D eigenvalue weighted by Crippen LogP contribution is 2.27. The number of hydrogen-bond acceptors (Lipinski definition) is 5. The Morgan fingerprint density at radius 1 is 1.29 bits per heavy atom. The van der Waals surface area contributed by atoms with Gasteiger partial charge in [-0.25, -0.2) is 9.97 Å². The first-order valence-electron chi connectivity index (χ1n) is 6.38. The molecule has 0 atom stereocenters. The maximum atomic E-state index is 11.2. The third kappa shape index (κ3) is 3.19. The molecular weight excluding hydrogens is 286 g/mol. The summed E-state index contributed by atoms with van der Waals surface area (Å²) in [7, 11) is 0. The molecule has 1 aromatic carbocycles. The van der Waals surface area contributed by atoms with E-state index in [4.69, 9.17) is 0 Å². The van der Waals surface area contributed by atoms with E-state index in [1.54, 1.807) is 18.1 Å². The van der Waals surface area contributed by atoms with Crippen molar-refractivity contribution in [3.63, 3.8) is 0 Å². The van der Waals surface area contributed by atoms with Crippen molar-refractivity contribution >= 4 is 34.8 Å². The summed E-state index contributed by atoms with van der Waals surface area (Å²) < 4.78 is 0. The number of imidazole rings is 1. The van der Waals surface area contributed by atoms with E-state index in [2.05, 4.69) is 37.4 Å². The number of hydrogen-bond donors (Lipinski definition) is 2. The van der Waals surface area contributed by atoms with E-state index in [-0.39, 0.29) is 11.9 Å². The van der Waals surface area contributed by atoms with Crippen LogP contribution >= 0.6 is 11.8 Å². The van der Waals surface area contributed by atoms with E-state index < -0.39 is 0 Å². The minimum atomic E-state index is -0.205. The van der Waals surface area contributed by atoms with Crippen LogP contribution in [0.15, 0.2) is 41.7 Å². The third-order valence-corrected chi connectivity index (χ3v) is 3.81. The van der Waals surface area contributed by atoms with Crippen LogP contribution in [0, 0.1) is 0 Å². The summed E-state index contributed by atoms with van der Waals surface area (Å²) >= 11 is 1.58. The lowest BCUT2D eigenvalue weighted by Crippen LogP contribution is -2.09. The summed E-state index contributed by atoms with van der Waals surface area (Å²) in [6.07, 6.45) is 1.57. The first kappa shape index (κ1) is 13.6. The lowest BCUT2D eigenvalue weighted by molar-refractivity contribution is -0.114. The van der Waals surface area contributed by atoms with Crippen molar-refractivity contribution in [3.05, 3.63) is 42.2 Å². The Labute approximate surface area is 125 Å². The molecule has 1 amide bonds. The lowest BCUT2D eigenvalue weighted by Gasteiger charge is -2.05. The van der Waals surface area contributed by atoms with Gasteiger partial charge in [0, 0.05) is 12.7 Å². The first-order chi connectivity index (χ1) is 10.2. The molecule has 2 heterocycles. The van der Waals surface area contributed by atoms with Gasteiger partial charge >= 0.3 is 0 Å². The van der Waals surface area contributed by atoms with E-state index in [0.29, 0.717) is 5.65 Å². The molecule has 0 unspecified atom stereocenters. The number of fused-ring (bicyclic) bond motifs is 1. The molecule has 7 heteroatoms.